The zero-order valence-electron chi connectivity index (χ0n) is 16.2. The molecule has 2 aromatic rings. The summed E-state index contributed by atoms with van der Waals surface area (Å²) in [6.07, 6.45) is 3.93. The quantitative estimate of drug-likeness (QED) is 0.570. The zero-order valence-corrected chi connectivity index (χ0v) is 18.7. The van der Waals surface area contributed by atoms with Gasteiger partial charge in [0, 0.05) is 0 Å². The van der Waals surface area contributed by atoms with Crippen LogP contribution in [0.3, 0.4) is 0 Å². The van der Waals surface area contributed by atoms with E-state index in [0.29, 0.717) is 21.9 Å². The number of thioether (sulfide) groups is 2. The van der Waals surface area contributed by atoms with Crippen LogP contribution in [0.2, 0.25) is 0 Å². The first-order chi connectivity index (χ1) is 14.5. The third-order valence-electron chi connectivity index (χ3n) is 4.98. The molecule has 1 saturated carbocycles. The van der Waals surface area contributed by atoms with Crippen molar-refractivity contribution in [1.29, 1.82) is 0 Å². The molecule has 0 radical (unpaired) electrons. The molecule has 0 unspecified atom stereocenters. The van der Waals surface area contributed by atoms with Crippen LogP contribution in [0.15, 0.2) is 26.9 Å². The van der Waals surface area contributed by atoms with E-state index >= 15 is 0 Å². The van der Waals surface area contributed by atoms with Gasteiger partial charge in [0.1, 0.15) is 13.2 Å². The van der Waals surface area contributed by atoms with E-state index in [4.69, 9.17) is 15.2 Å². The number of nitrogens with one attached hydrogen (secondary N) is 1. The number of aromatic nitrogens is 2. The van der Waals surface area contributed by atoms with Gasteiger partial charge in [-0.2, -0.15) is 0 Å². The molecule has 0 saturated heterocycles. The van der Waals surface area contributed by atoms with Crippen molar-refractivity contribution in [2.75, 3.05) is 24.7 Å². The number of benzene rings is 1. The zero-order chi connectivity index (χ0) is 21.0. The maximum Gasteiger partial charge on any atom is 0.231 e. The van der Waals surface area contributed by atoms with Crippen molar-refractivity contribution in [3.63, 3.8) is 0 Å². The van der Waals surface area contributed by atoms with Gasteiger partial charge in [-0.3, -0.25) is 9.59 Å². The lowest BCUT2D eigenvalue weighted by molar-refractivity contribution is -0.120. The van der Waals surface area contributed by atoms with Crippen LogP contribution in [0.5, 0.6) is 11.5 Å². The number of hydrogen-bond acceptors (Lipinski definition) is 9. The highest BCUT2D eigenvalue weighted by Crippen LogP contribution is 2.42. The molecule has 8 nitrogen and oxygen atoms in total. The second-order valence-corrected chi connectivity index (χ2v) is 10.5. The summed E-state index contributed by atoms with van der Waals surface area (Å²) >= 11 is 3.95. The minimum absolute atomic E-state index is 0.0432. The molecule has 4 rings (SSSR count). The minimum atomic E-state index is -0.398. The predicted molar refractivity (Wildman–Crippen MR) is 116 cm³/mol. The first-order valence-corrected chi connectivity index (χ1v) is 12.4. The fraction of sp³-hybridized carbons (Fsp3) is 0.474. The predicted octanol–water partition coefficient (Wildman–Crippen LogP) is 2.56. The number of fused-ring (bicyclic) bond motifs is 1. The van der Waals surface area contributed by atoms with Gasteiger partial charge in [-0.05, 0) is 30.5 Å². The molecule has 0 atom stereocenters. The number of hydrogen-bond donors (Lipinski definition) is 2. The highest BCUT2D eigenvalue weighted by Gasteiger charge is 2.37. The van der Waals surface area contributed by atoms with E-state index in [2.05, 4.69) is 15.5 Å². The molecule has 2 aliphatic rings. The molecule has 1 aliphatic heterocycles. The number of amides is 2. The molecule has 30 heavy (non-hydrogen) atoms. The molecule has 160 valence electrons. The summed E-state index contributed by atoms with van der Waals surface area (Å²) in [6, 6.07) is 5.96. The largest absolute Gasteiger partial charge is 0.486 e. The van der Waals surface area contributed by atoms with Gasteiger partial charge in [0.2, 0.25) is 11.8 Å². The van der Waals surface area contributed by atoms with E-state index in [1.807, 2.05) is 18.2 Å². The Labute approximate surface area is 186 Å². The van der Waals surface area contributed by atoms with E-state index in [0.717, 1.165) is 42.7 Å². The van der Waals surface area contributed by atoms with Crippen LogP contribution in [0, 0.1) is 0 Å². The van der Waals surface area contributed by atoms with E-state index in [1.54, 1.807) is 0 Å². The number of nitrogens with two attached hydrogens (primary N) is 1. The number of carbonyl (C=O) groups is 2. The van der Waals surface area contributed by atoms with Gasteiger partial charge in [-0.25, -0.2) is 0 Å². The van der Waals surface area contributed by atoms with Crippen molar-refractivity contribution in [3.8, 4) is 11.5 Å². The lowest BCUT2D eigenvalue weighted by atomic mass is 9.87. The molecule has 3 N–H and O–H groups in total. The molecule has 0 bridgehead atoms. The van der Waals surface area contributed by atoms with Crippen molar-refractivity contribution in [3.05, 3.63) is 23.8 Å². The van der Waals surface area contributed by atoms with E-state index in [1.165, 1.54) is 34.9 Å². The Bertz CT molecular complexity index is 930. The average molecular weight is 467 g/mol. The summed E-state index contributed by atoms with van der Waals surface area (Å²) in [4.78, 5) is 23.6. The Morgan fingerprint density at radius 2 is 1.73 bits per heavy atom. The molecule has 1 aliphatic carbocycles. The summed E-state index contributed by atoms with van der Waals surface area (Å²) in [7, 11) is 0. The first kappa shape index (κ1) is 21.3. The summed E-state index contributed by atoms with van der Waals surface area (Å²) in [5, 5.41) is 11.4. The van der Waals surface area contributed by atoms with Gasteiger partial charge in [-0.15, -0.1) is 10.2 Å². The summed E-state index contributed by atoms with van der Waals surface area (Å²) in [5.41, 5.74) is 5.83. The highest BCUT2D eigenvalue weighted by molar-refractivity contribution is 8.03. The van der Waals surface area contributed by atoms with E-state index < -0.39 is 5.91 Å². The Hall–Kier alpha value is -1.98. The first-order valence-electron chi connectivity index (χ1n) is 9.63. The van der Waals surface area contributed by atoms with E-state index in [-0.39, 0.29) is 23.0 Å². The highest BCUT2D eigenvalue weighted by atomic mass is 32.2. The van der Waals surface area contributed by atoms with Crippen LogP contribution in [0.4, 0.5) is 0 Å². The third-order valence-corrected chi connectivity index (χ3v) is 8.20. The van der Waals surface area contributed by atoms with Gasteiger partial charge in [0.15, 0.2) is 20.2 Å². The molecule has 11 heteroatoms. The van der Waals surface area contributed by atoms with Crippen LogP contribution in [-0.2, 0) is 15.1 Å². The Morgan fingerprint density at radius 3 is 2.43 bits per heavy atom. The van der Waals surface area contributed by atoms with Crippen molar-refractivity contribution in [2.24, 2.45) is 5.73 Å². The number of rotatable bonds is 8. The Balaban J connectivity index is 1.39. The van der Waals surface area contributed by atoms with Gasteiger partial charge >= 0.3 is 0 Å². The number of nitrogens with zero attached hydrogens (tertiary/aromatic N) is 2. The van der Waals surface area contributed by atoms with Crippen LogP contribution in [0.1, 0.15) is 31.2 Å². The topological polar surface area (TPSA) is 116 Å². The molecule has 0 spiro atoms. The van der Waals surface area contributed by atoms with Gasteiger partial charge in [-0.1, -0.05) is 53.8 Å². The van der Waals surface area contributed by atoms with Gasteiger partial charge < -0.3 is 20.5 Å². The maximum absolute atomic E-state index is 12.8. The maximum atomic E-state index is 12.8. The van der Waals surface area contributed by atoms with Crippen molar-refractivity contribution >= 4 is 46.7 Å². The number of primary amides is 1. The van der Waals surface area contributed by atoms with Crippen LogP contribution >= 0.6 is 34.9 Å². The monoisotopic (exact) mass is 466 g/mol. The Kier molecular flexibility index (Phi) is 6.69. The second-order valence-electron chi connectivity index (χ2n) is 7.07. The van der Waals surface area contributed by atoms with Gasteiger partial charge in [0.25, 0.3) is 0 Å². The lowest BCUT2D eigenvalue weighted by Crippen LogP contribution is -2.44. The van der Waals surface area contributed by atoms with Crippen LogP contribution < -0.4 is 20.5 Å². The van der Waals surface area contributed by atoms with Crippen molar-refractivity contribution in [2.45, 2.75) is 39.9 Å². The minimum Gasteiger partial charge on any atom is -0.486 e. The second kappa shape index (κ2) is 9.44. The van der Waals surface area contributed by atoms with E-state index in [9.17, 15) is 9.59 Å². The van der Waals surface area contributed by atoms with Crippen LogP contribution in [-0.4, -0.2) is 46.7 Å². The SMILES string of the molecule is NC(=O)CSc1nnc(SCC(=O)NC2(c3ccc4c(c3)OCCO4)CCCC2)s1. The summed E-state index contributed by atoms with van der Waals surface area (Å²) < 4.78 is 12.7. The third kappa shape index (κ3) is 5.01. The number of carbonyl (C=O) groups excluding carboxylic acids is 2. The molecular weight excluding hydrogens is 444 g/mol. The molecular formula is C19H22N4O4S3. The molecule has 1 aromatic carbocycles. The standard InChI is InChI=1S/C19H22N4O4S3/c20-15(24)10-28-17-22-23-18(30-17)29-11-16(25)21-19(5-1-2-6-19)12-3-4-13-14(9-12)27-8-7-26-13/h3-4,9H,1-2,5-8,10-11H2,(H2,20,24)(H,21,25). The van der Waals surface area contributed by atoms with Crippen molar-refractivity contribution < 1.29 is 19.1 Å². The molecule has 1 aromatic heterocycles. The molecule has 2 heterocycles. The normalized spacial score (nSPS) is 16.9. The lowest BCUT2D eigenvalue weighted by Gasteiger charge is -2.32. The number of ether oxygens (including phenoxy) is 2. The average Bonchev–Trinajstić information content (AvgIpc) is 3.40. The summed E-state index contributed by atoms with van der Waals surface area (Å²) in [6.45, 7) is 1.09. The molecule has 2 amide bonds. The summed E-state index contributed by atoms with van der Waals surface area (Å²) in [5.74, 6) is 1.46. The molecule has 1 fully saturated rings. The van der Waals surface area contributed by atoms with Crippen LogP contribution in [0.25, 0.3) is 0 Å². The fourth-order valence-corrected chi connectivity index (χ4v) is 6.24. The van der Waals surface area contributed by atoms with Gasteiger partial charge in [0.05, 0.1) is 17.0 Å². The fourth-order valence-electron chi connectivity index (χ4n) is 3.68. The Morgan fingerprint density at radius 1 is 1.07 bits per heavy atom. The van der Waals surface area contributed by atoms with Crippen molar-refractivity contribution in [1.82, 2.24) is 15.5 Å². The smallest absolute Gasteiger partial charge is 0.231 e.